The lowest BCUT2D eigenvalue weighted by molar-refractivity contribution is 0.0951. The fourth-order valence-corrected chi connectivity index (χ4v) is 4.44. The van der Waals surface area contributed by atoms with Gasteiger partial charge in [-0.3, -0.25) is 4.79 Å². The Balaban J connectivity index is 1.49. The van der Waals surface area contributed by atoms with Crippen molar-refractivity contribution in [2.45, 2.75) is 5.92 Å². The Hall–Kier alpha value is -4.13. The molecule has 1 aliphatic heterocycles. The summed E-state index contributed by atoms with van der Waals surface area (Å²) >= 11 is 0. The van der Waals surface area contributed by atoms with E-state index >= 15 is 0 Å². The van der Waals surface area contributed by atoms with Gasteiger partial charge >= 0.3 is 0 Å². The summed E-state index contributed by atoms with van der Waals surface area (Å²) in [5, 5.41) is 4.19. The van der Waals surface area contributed by atoms with Crippen molar-refractivity contribution in [2.24, 2.45) is 0 Å². The van der Waals surface area contributed by atoms with E-state index < -0.39 is 0 Å². The van der Waals surface area contributed by atoms with Crippen molar-refractivity contribution in [3.63, 3.8) is 0 Å². The third kappa shape index (κ3) is 4.01. The molecule has 0 radical (unpaired) electrons. The fourth-order valence-electron chi connectivity index (χ4n) is 4.44. The van der Waals surface area contributed by atoms with Crippen molar-refractivity contribution >= 4 is 16.8 Å². The van der Waals surface area contributed by atoms with Gasteiger partial charge in [0.25, 0.3) is 5.91 Å². The van der Waals surface area contributed by atoms with Gasteiger partial charge in [-0.1, -0.05) is 30.3 Å². The first-order valence-corrected chi connectivity index (χ1v) is 11.1. The van der Waals surface area contributed by atoms with Gasteiger partial charge in [-0.25, -0.2) is 0 Å². The van der Waals surface area contributed by atoms with Gasteiger partial charge in [-0.2, -0.15) is 0 Å². The molecule has 174 valence electrons. The van der Waals surface area contributed by atoms with Gasteiger partial charge in [0.2, 0.25) is 0 Å². The number of hydrogen-bond donors (Lipinski definition) is 2. The highest BCUT2D eigenvalue weighted by molar-refractivity contribution is 5.95. The molecule has 4 aromatic rings. The molecule has 1 amide bonds. The first kappa shape index (κ1) is 21.7. The Bertz CT molecular complexity index is 1330. The standard InChI is InChI=1S/C27H26N2O5/c1-31-24-9-5-7-19(26(24)32-2)21(20-15-28-22-8-4-3-6-18(20)22)16-29-27(30)17-10-11-23-25(14-17)34-13-12-33-23/h3-11,14-15,21,28H,12-13,16H2,1-2H3,(H,29,30)/t21-/m1/s1. The van der Waals surface area contributed by atoms with Gasteiger partial charge in [0, 0.05) is 40.7 Å². The first-order chi connectivity index (χ1) is 16.7. The Kier molecular flexibility index (Phi) is 5.99. The number of methoxy groups -OCH3 is 2. The number of nitrogens with one attached hydrogen (secondary N) is 2. The number of rotatable bonds is 7. The number of fused-ring (bicyclic) bond motifs is 2. The minimum atomic E-state index is -0.191. The third-order valence-corrected chi connectivity index (χ3v) is 6.08. The number of H-pyrrole nitrogens is 1. The molecule has 0 unspecified atom stereocenters. The highest BCUT2D eigenvalue weighted by Crippen LogP contribution is 2.40. The fraction of sp³-hybridized carbons (Fsp3) is 0.222. The van der Waals surface area contributed by atoms with Crippen molar-refractivity contribution in [3.05, 3.63) is 83.6 Å². The lowest BCUT2D eigenvalue weighted by Gasteiger charge is -2.22. The van der Waals surface area contributed by atoms with E-state index in [-0.39, 0.29) is 11.8 Å². The molecule has 7 heteroatoms. The number of amides is 1. The van der Waals surface area contributed by atoms with E-state index in [0.717, 1.165) is 22.0 Å². The van der Waals surface area contributed by atoms with Crippen LogP contribution in [0.1, 0.15) is 27.4 Å². The van der Waals surface area contributed by atoms with Gasteiger partial charge < -0.3 is 29.2 Å². The minimum absolute atomic E-state index is 0.178. The Morgan fingerprint density at radius 1 is 0.971 bits per heavy atom. The first-order valence-electron chi connectivity index (χ1n) is 11.1. The van der Waals surface area contributed by atoms with E-state index in [1.807, 2.05) is 42.6 Å². The maximum absolute atomic E-state index is 13.1. The van der Waals surface area contributed by atoms with E-state index in [2.05, 4.69) is 16.4 Å². The maximum atomic E-state index is 13.1. The van der Waals surface area contributed by atoms with Crippen molar-refractivity contribution in [3.8, 4) is 23.0 Å². The van der Waals surface area contributed by atoms with E-state index in [1.54, 1.807) is 32.4 Å². The zero-order chi connectivity index (χ0) is 23.5. The van der Waals surface area contributed by atoms with Crippen molar-refractivity contribution in [2.75, 3.05) is 34.0 Å². The molecule has 0 spiro atoms. The molecule has 0 saturated heterocycles. The quantitative estimate of drug-likeness (QED) is 0.426. The highest BCUT2D eigenvalue weighted by Gasteiger charge is 2.25. The number of aromatic nitrogens is 1. The number of carbonyl (C=O) groups is 1. The second-order valence-electron chi connectivity index (χ2n) is 7.99. The zero-order valence-corrected chi connectivity index (χ0v) is 19.1. The number of hydrogen-bond acceptors (Lipinski definition) is 5. The smallest absolute Gasteiger partial charge is 0.251 e. The number of carbonyl (C=O) groups excluding carboxylic acids is 1. The largest absolute Gasteiger partial charge is 0.493 e. The van der Waals surface area contributed by atoms with Gasteiger partial charge in [0.05, 0.1) is 14.2 Å². The van der Waals surface area contributed by atoms with Crippen LogP contribution in [0.15, 0.2) is 66.9 Å². The summed E-state index contributed by atoms with van der Waals surface area (Å²) in [5.74, 6) is 2.16. The number of ether oxygens (including phenoxy) is 4. The molecule has 0 bridgehead atoms. The molecular formula is C27H26N2O5. The van der Waals surface area contributed by atoms with Crippen molar-refractivity contribution in [1.82, 2.24) is 10.3 Å². The summed E-state index contributed by atoms with van der Waals surface area (Å²) in [6, 6.07) is 19.1. The van der Waals surface area contributed by atoms with Crippen LogP contribution in [-0.2, 0) is 0 Å². The van der Waals surface area contributed by atoms with Gasteiger partial charge in [-0.15, -0.1) is 0 Å². The molecule has 3 aromatic carbocycles. The van der Waals surface area contributed by atoms with Crippen LogP contribution < -0.4 is 24.3 Å². The second-order valence-corrected chi connectivity index (χ2v) is 7.99. The summed E-state index contributed by atoms with van der Waals surface area (Å²) in [4.78, 5) is 16.4. The second kappa shape index (κ2) is 9.39. The molecule has 1 aromatic heterocycles. The highest BCUT2D eigenvalue weighted by atomic mass is 16.6. The van der Waals surface area contributed by atoms with Gasteiger partial charge in [-0.05, 0) is 35.9 Å². The van der Waals surface area contributed by atoms with Gasteiger partial charge in [0.1, 0.15) is 13.2 Å². The predicted octanol–water partition coefficient (Wildman–Crippen LogP) is 4.52. The van der Waals surface area contributed by atoms with E-state index in [4.69, 9.17) is 18.9 Å². The van der Waals surface area contributed by atoms with Crippen LogP contribution in [0.4, 0.5) is 0 Å². The molecule has 5 rings (SSSR count). The van der Waals surface area contributed by atoms with Gasteiger partial charge in [0.15, 0.2) is 23.0 Å². The zero-order valence-electron chi connectivity index (χ0n) is 19.1. The van der Waals surface area contributed by atoms with Crippen LogP contribution in [0.3, 0.4) is 0 Å². The molecule has 7 nitrogen and oxygen atoms in total. The number of aromatic amines is 1. The van der Waals surface area contributed by atoms with E-state index in [1.165, 1.54) is 0 Å². The third-order valence-electron chi connectivity index (χ3n) is 6.08. The van der Waals surface area contributed by atoms with Crippen molar-refractivity contribution in [1.29, 1.82) is 0 Å². The molecule has 1 atom stereocenters. The number of benzene rings is 3. The molecule has 2 N–H and O–H groups in total. The summed E-state index contributed by atoms with van der Waals surface area (Å²) < 4.78 is 22.5. The SMILES string of the molecule is COc1cccc([C@@H](CNC(=O)c2ccc3c(c2)OCCO3)c2c[nH]c3ccccc23)c1OC. The van der Waals surface area contributed by atoms with E-state index in [9.17, 15) is 4.79 Å². The summed E-state index contributed by atoms with van der Waals surface area (Å²) in [6.45, 7) is 1.34. The van der Waals surface area contributed by atoms with Crippen LogP contribution in [0.5, 0.6) is 23.0 Å². The molecule has 0 saturated carbocycles. The van der Waals surface area contributed by atoms with Crippen LogP contribution in [0.25, 0.3) is 10.9 Å². The minimum Gasteiger partial charge on any atom is -0.493 e. The van der Waals surface area contributed by atoms with E-state index in [0.29, 0.717) is 48.3 Å². The molecular weight excluding hydrogens is 432 g/mol. The molecule has 1 aliphatic rings. The number of para-hydroxylation sites is 2. The van der Waals surface area contributed by atoms with Crippen molar-refractivity contribution < 1.29 is 23.7 Å². The average molecular weight is 459 g/mol. The Labute approximate surface area is 197 Å². The summed E-state index contributed by atoms with van der Waals surface area (Å²) in [6.07, 6.45) is 1.99. The average Bonchev–Trinajstić information content (AvgIpc) is 3.32. The lowest BCUT2D eigenvalue weighted by atomic mass is 9.89. The summed E-state index contributed by atoms with van der Waals surface area (Å²) in [7, 11) is 3.24. The molecule has 34 heavy (non-hydrogen) atoms. The topological polar surface area (TPSA) is 81.8 Å². The molecule has 0 fully saturated rings. The molecule has 2 heterocycles. The van der Waals surface area contributed by atoms with Crippen LogP contribution in [0, 0.1) is 0 Å². The Morgan fingerprint density at radius 3 is 2.62 bits per heavy atom. The van der Waals surface area contributed by atoms with Crippen LogP contribution in [-0.4, -0.2) is 44.9 Å². The van der Waals surface area contributed by atoms with Crippen LogP contribution >= 0.6 is 0 Å². The lowest BCUT2D eigenvalue weighted by Crippen LogP contribution is -2.29. The normalized spacial score (nSPS) is 13.4. The van der Waals surface area contributed by atoms with Crippen LogP contribution in [0.2, 0.25) is 0 Å². The monoisotopic (exact) mass is 458 g/mol. The maximum Gasteiger partial charge on any atom is 0.251 e. The molecule has 0 aliphatic carbocycles. The summed E-state index contributed by atoms with van der Waals surface area (Å²) in [5.41, 5.74) is 3.53. The Morgan fingerprint density at radius 2 is 1.79 bits per heavy atom. The predicted molar refractivity (Wildman–Crippen MR) is 129 cm³/mol.